The van der Waals surface area contributed by atoms with E-state index < -0.39 is 0 Å². The highest BCUT2D eigenvalue weighted by Crippen LogP contribution is 2.37. The summed E-state index contributed by atoms with van der Waals surface area (Å²) in [5, 5.41) is -0.317. The zero-order chi connectivity index (χ0) is 22.4. The van der Waals surface area contributed by atoms with Crippen molar-refractivity contribution in [1.82, 2.24) is 4.90 Å². The lowest BCUT2D eigenvalue weighted by Gasteiger charge is -2.15. The summed E-state index contributed by atoms with van der Waals surface area (Å²) < 4.78 is 30.8. The second-order valence-electron chi connectivity index (χ2n) is 6.51. The minimum Gasteiger partial charge on any atom is -0.490 e. The average Bonchev–Trinajstić information content (AvgIpc) is 2.98. The molecule has 0 saturated carbocycles. The van der Waals surface area contributed by atoms with E-state index >= 15 is 0 Å². The van der Waals surface area contributed by atoms with Crippen LogP contribution in [0.3, 0.4) is 0 Å². The molecule has 3 rings (SSSR count). The molecular weight excluding hydrogens is 536 g/mol. The summed E-state index contributed by atoms with van der Waals surface area (Å²) in [5.41, 5.74) is 1.41. The zero-order valence-electron chi connectivity index (χ0n) is 17.0. The highest BCUT2D eigenvalue weighted by molar-refractivity contribution is 14.1. The number of hydrogen-bond donors (Lipinski definition) is 0. The van der Waals surface area contributed by atoms with E-state index in [2.05, 4.69) is 22.6 Å². The summed E-state index contributed by atoms with van der Waals surface area (Å²) in [4.78, 5) is 26.2. The molecule has 2 aromatic carbocycles. The standard InChI is InChI=1S/C22H21FINO5S/c1-3-29-18-11-15(12-19-21(26)25(7-8-28-2)22(27)31-19)10-17(24)20(18)30-13-14-5-4-6-16(23)9-14/h4-6,9-12H,3,7-8,13H2,1-2H3/b19-12+. The lowest BCUT2D eigenvalue weighted by Crippen LogP contribution is -2.31. The Kier molecular flexibility index (Phi) is 8.33. The van der Waals surface area contributed by atoms with Gasteiger partial charge in [0.15, 0.2) is 11.5 Å². The van der Waals surface area contributed by atoms with Crippen molar-refractivity contribution in [3.05, 3.63) is 61.8 Å². The Morgan fingerprint density at radius 3 is 2.71 bits per heavy atom. The second kappa shape index (κ2) is 11.0. The Morgan fingerprint density at radius 2 is 2.00 bits per heavy atom. The van der Waals surface area contributed by atoms with Crippen LogP contribution in [0, 0.1) is 9.39 Å². The maximum atomic E-state index is 13.4. The minimum absolute atomic E-state index is 0.186. The van der Waals surface area contributed by atoms with Crippen molar-refractivity contribution in [3.8, 4) is 11.5 Å². The molecule has 6 nitrogen and oxygen atoms in total. The van der Waals surface area contributed by atoms with Crippen LogP contribution in [-0.2, 0) is 16.1 Å². The number of nitrogens with zero attached hydrogens (tertiary/aromatic N) is 1. The van der Waals surface area contributed by atoms with Gasteiger partial charge in [0, 0.05) is 7.11 Å². The van der Waals surface area contributed by atoms with Gasteiger partial charge in [-0.15, -0.1) is 0 Å². The van der Waals surface area contributed by atoms with Gasteiger partial charge in [-0.3, -0.25) is 14.5 Å². The largest absolute Gasteiger partial charge is 0.490 e. The fourth-order valence-electron chi connectivity index (χ4n) is 2.88. The molecule has 2 aromatic rings. The Bertz CT molecular complexity index is 1010. The molecular formula is C22H21FINO5S. The molecule has 164 valence electrons. The molecule has 0 bridgehead atoms. The number of imide groups is 1. The first-order valence-corrected chi connectivity index (χ1v) is 11.4. The molecule has 1 saturated heterocycles. The van der Waals surface area contributed by atoms with Gasteiger partial charge < -0.3 is 14.2 Å². The van der Waals surface area contributed by atoms with Crippen LogP contribution >= 0.6 is 34.4 Å². The lowest BCUT2D eigenvalue weighted by atomic mass is 10.1. The van der Waals surface area contributed by atoms with Gasteiger partial charge in [0.05, 0.1) is 28.2 Å². The zero-order valence-corrected chi connectivity index (χ0v) is 20.0. The molecule has 31 heavy (non-hydrogen) atoms. The third-order valence-electron chi connectivity index (χ3n) is 4.29. The van der Waals surface area contributed by atoms with Crippen molar-refractivity contribution in [2.24, 2.45) is 0 Å². The average molecular weight is 557 g/mol. The number of rotatable bonds is 9. The first-order chi connectivity index (χ1) is 14.9. The number of carbonyl (C=O) groups excluding carboxylic acids is 2. The van der Waals surface area contributed by atoms with Crippen molar-refractivity contribution in [2.45, 2.75) is 13.5 Å². The summed E-state index contributed by atoms with van der Waals surface area (Å²) in [6, 6.07) is 9.81. The van der Waals surface area contributed by atoms with Gasteiger partial charge in [0.1, 0.15) is 12.4 Å². The Labute approximate surface area is 197 Å². The van der Waals surface area contributed by atoms with E-state index in [1.807, 2.05) is 13.0 Å². The maximum Gasteiger partial charge on any atom is 0.293 e. The van der Waals surface area contributed by atoms with E-state index in [-0.39, 0.29) is 36.7 Å². The maximum absolute atomic E-state index is 13.4. The molecule has 1 aliphatic heterocycles. The molecule has 0 aromatic heterocycles. The Balaban J connectivity index is 1.83. The van der Waals surface area contributed by atoms with Gasteiger partial charge in [-0.25, -0.2) is 4.39 Å². The van der Waals surface area contributed by atoms with E-state index in [4.69, 9.17) is 14.2 Å². The molecule has 0 unspecified atom stereocenters. The van der Waals surface area contributed by atoms with Crippen LogP contribution in [0.2, 0.25) is 0 Å². The van der Waals surface area contributed by atoms with Crippen LogP contribution in [0.15, 0.2) is 41.3 Å². The first kappa shape index (κ1) is 23.6. The van der Waals surface area contributed by atoms with Gasteiger partial charge in [-0.05, 0) is 82.7 Å². The Hall–Kier alpha value is -2.11. The van der Waals surface area contributed by atoms with Crippen LogP contribution in [-0.4, -0.2) is 42.9 Å². The minimum atomic E-state index is -0.341. The quantitative estimate of drug-likeness (QED) is 0.316. The predicted octanol–water partition coefficient (Wildman–Crippen LogP) is 5.09. The number of thioether (sulfide) groups is 1. The lowest BCUT2D eigenvalue weighted by molar-refractivity contribution is -0.123. The number of benzene rings is 2. The molecule has 1 fully saturated rings. The fraction of sp³-hybridized carbons (Fsp3) is 0.273. The third-order valence-corrected chi connectivity index (χ3v) is 6.00. The van der Waals surface area contributed by atoms with Gasteiger partial charge in [-0.1, -0.05) is 12.1 Å². The van der Waals surface area contributed by atoms with Crippen molar-refractivity contribution in [2.75, 3.05) is 26.9 Å². The SMILES string of the molecule is CCOc1cc(/C=C2/SC(=O)N(CCOC)C2=O)cc(I)c1OCc1cccc(F)c1. The summed E-state index contributed by atoms with van der Waals surface area (Å²) in [6.45, 7) is 2.97. The van der Waals surface area contributed by atoms with E-state index in [1.54, 1.807) is 24.3 Å². The van der Waals surface area contributed by atoms with Crippen LogP contribution in [0.4, 0.5) is 9.18 Å². The predicted molar refractivity (Wildman–Crippen MR) is 126 cm³/mol. The van der Waals surface area contributed by atoms with Crippen LogP contribution in [0.25, 0.3) is 6.08 Å². The third kappa shape index (κ3) is 5.98. The number of amides is 2. The normalized spacial score (nSPS) is 15.1. The molecule has 0 radical (unpaired) electrons. The first-order valence-electron chi connectivity index (χ1n) is 9.50. The van der Waals surface area contributed by atoms with Crippen LogP contribution in [0.5, 0.6) is 11.5 Å². The number of carbonyl (C=O) groups is 2. The second-order valence-corrected chi connectivity index (χ2v) is 8.66. The molecule has 0 N–H and O–H groups in total. The molecule has 1 aliphatic rings. The molecule has 0 atom stereocenters. The monoisotopic (exact) mass is 557 g/mol. The number of halogens is 2. The van der Waals surface area contributed by atoms with Gasteiger partial charge in [0.25, 0.3) is 11.1 Å². The van der Waals surface area contributed by atoms with Gasteiger partial charge in [0.2, 0.25) is 0 Å². The van der Waals surface area contributed by atoms with Crippen molar-refractivity contribution in [1.29, 1.82) is 0 Å². The van der Waals surface area contributed by atoms with Crippen molar-refractivity contribution in [3.63, 3.8) is 0 Å². The number of methoxy groups -OCH3 is 1. The number of ether oxygens (including phenoxy) is 3. The molecule has 0 aliphatic carbocycles. The van der Waals surface area contributed by atoms with Crippen molar-refractivity contribution < 1.29 is 28.2 Å². The van der Waals surface area contributed by atoms with E-state index in [9.17, 15) is 14.0 Å². The van der Waals surface area contributed by atoms with Crippen molar-refractivity contribution >= 4 is 51.6 Å². The summed E-state index contributed by atoms with van der Waals surface area (Å²) >= 11 is 3.02. The number of hydrogen-bond acceptors (Lipinski definition) is 6. The van der Waals surface area contributed by atoms with E-state index in [0.29, 0.717) is 34.1 Å². The topological polar surface area (TPSA) is 65.1 Å². The van der Waals surface area contributed by atoms with E-state index in [1.165, 1.54) is 24.1 Å². The molecule has 0 spiro atoms. The Morgan fingerprint density at radius 1 is 1.19 bits per heavy atom. The van der Waals surface area contributed by atoms with E-state index in [0.717, 1.165) is 15.3 Å². The van der Waals surface area contributed by atoms with Gasteiger partial charge >= 0.3 is 0 Å². The summed E-state index contributed by atoms with van der Waals surface area (Å²) in [7, 11) is 1.52. The molecule has 1 heterocycles. The summed E-state index contributed by atoms with van der Waals surface area (Å²) in [6.07, 6.45) is 1.67. The van der Waals surface area contributed by atoms with Gasteiger partial charge in [-0.2, -0.15) is 0 Å². The fourth-order valence-corrected chi connectivity index (χ4v) is 4.53. The smallest absolute Gasteiger partial charge is 0.293 e. The highest BCUT2D eigenvalue weighted by Gasteiger charge is 2.34. The van der Waals surface area contributed by atoms with Crippen LogP contribution < -0.4 is 9.47 Å². The highest BCUT2D eigenvalue weighted by atomic mass is 127. The molecule has 2 amide bonds. The molecule has 9 heteroatoms. The summed E-state index contributed by atoms with van der Waals surface area (Å²) in [5.74, 6) is 0.384. The van der Waals surface area contributed by atoms with Crippen LogP contribution in [0.1, 0.15) is 18.1 Å².